The highest BCUT2D eigenvalue weighted by molar-refractivity contribution is 9.10. The summed E-state index contributed by atoms with van der Waals surface area (Å²) < 4.78 is 3.30. The van der Waals surface area contributed by atoms with Gasteiger partial charge in [0.15, 0.2) is 0 Å². The topological polar surface area (TPSA) is 17.8 Å². The van der Waals surface area contributed by atoms with Crippen molar-refractivity contribution in [2.24, 2.45) is 5.92 Å². The van der Waals surface area contributed by atoms with Crippen LogP contribution in [0.25, 0.3) is 0 Å². The average Bonchev–Trinajstić information content (AvgIpc) is 2.77. The molecule has 0 N–H and O–H groups in total. The molecule has 0 bridgehead atoms. The van der Waals surface area contributed by atoms with Crippen LogP contribution in [0, 0.1) is 12.8 Å². The van der Waals surface area contributed by atoms with E-state index in [0.717, 1.165) is 31.0 Å². The predicted octanol–water partition coefficient (Wildman–Crippen LogP) is 3.92. The second-order valence-corrected chi connectivity index (χ2v) is 6.05. The van der Waals surface area contributed by atoms with Gasteiger partial charge in [-0.1, -0.05) is 0 Å². The molecule has 1 aromatic heterocycles. The lowest BCUT2D eigenvalue weighted by atomic mass is 10.0. The molecule has 2 rings (SSSR count). The van der Waals surface area contributed by atoms with Gasteiger partial charge in [-0.25, -0.2) is 0 Å². The third kappa shape index (κ3) is 2.45. The van der Waals surface area contributed by atoms with Gasteiger partial charge in [-0.15, -0.1) is 11.6 Å². The number of aromatic nitrogens is 2. The molecule has 0 aromatic carbocycles. The number of aryl methyl sites for hydroxylation is 2. The highest BCUT2D eigenvalue weighted by Crippen LogP contribution is 2.34. The van der Waals surface area contributed by atoms with Crippen LogP contribution in [0.5, 0.6) is 0 Å². The van der Waals surface area contributed by atoms with Crippen LogP contribution in [0.3, 0.4) is 0 Å². The Kier molecular flexibility index (Phi) is 3.96. The Morgan fingerprint density at radius 2 is 2.25 bits per heavy atom. The van der Waals surface area contributed by atoms with Crippen LogP contribution >= 0.6 is 27.5 Å². The van der Waals surface area contributed by atoms with Crippen molar-refractivity contribution in [3.05, 3.63) is 15.9 Å². The Hall–Kier alpha value is -0.0200. The summed E-state index contributed by atoms with van der Waals surface area (Å²) in [5, 5.41) is 4.92. The quantitative estimate of drug-likeness (QED) is 0.774. The Morgan fingerprint density at radius 1 is 1.50 bits per heavy atom. The maximum atomic E-state index is 6.16. The Morgan fingerprint density at radius 3 is 2.81 bits per heavy atom. The van der Waals surface area contributed by atoms with Crippen LogP contribution in [0.2, 0.25) is 0 Å². The van der Waals surface area contributed by atoms with E-state index in [1.165, 1.54) is 23.0 Å². The molecule has 90 valence electrons. The van der Waals surface area contributed by atoms with E-state index < -0.39 is 0 Å². The minimum atomic E-state index is 0.392. The van der Waals surface area contributed by atoms with Crippen molar-refractivity contribution in [3.8, 4) is 0 Å². The van der Waals surface area contributed by atoms with Gasteiger partial charge in [0.25, 0.3) is 0 Å². The van der Waals surface area contributed by atoms with Crippen molar-refractivity contribution in [3.63, 3.8) is 0 Å². The molecule has 0 aliphatic heterocycles. The molecule has 1 aliphatic carbocycles. The zero-order valence-electron chi connectivity index (χ0n) is 9.84. The van der Waals surface area contributed by atoms with E-state index in [0.29, 0.717) is 5.38 Å². The molecule has 0 amide bonds. The number of nitrogens with zero attached hydrogens (tertiary/aromatic N) is 2. The van der Waals surface area contributed by atoms with Crippen LogP contribution < -0.4 is 0 Å². The SMILES string of the molecule is CCn1nc(C)c(Br)c1CC1CCC(Cl)C1. The molecule has 0 radical (unpaired) electrons. The number of hydrogen-bond acceptors (Lipinski definition) is 1. The Bertz CT molecular complexity index is 375. The number of rotatable bonds is 3. The van der Waals surface area contributed by atoms with Gasteiger partial charge in [0, 0.05) is 11.9 Å². The summed E-state index contributed by atoms with van der Waals surface area (Å²) >= 11 is 9.81. The van der Waals surface area contributed by atoms with E-state index >= 15 is 0 Å². The molecule has 0 spiro atoms. The molecule has 1 heterocycles. The Labute approximate surface area is 110 Å². The van der Waals surface area contributed by atoms with Crippen LogP contribution in [0.15, 0.2) is 4.47 Å². The minimum absolute atomic E-state index is 0.392. The largest absolute Gasteiger partial charge is 0.268 e. The van der Waals surface area contributed by atoms with Crippen molar-refractivity contribution in [2.75, 3.05) is 0 Å². The summed E-state index contributed by atoms with van der Waals surface area (Å²) in [7, 11) is 0. The summed E-state index contributed by atoms with van der Waals surface area (Å²) in [6.45, 7) is 5.14. The second kappa shape index (κ2) is 5.09. The smallest absolute Gasteiger partial charge is 0.0738 e. The van der Waals surface area contributed by atoms with E-state index in [9.17, 15) is 0 Å². The molecule has 2 nitrogen and oxygen atoms in total. The van der Waals surface area contributed by atoms with Gasteiger partial charge in [0.05, 0.1) is 15.9 Å². The van der Waals surface area contributed by atoms with Crippen molar-refractivity contribution in [1.82, 2.24) is 9.78 Å². The van der Waals surface area contributed by atoms with Gasteiger partial charge in [-0.3, -0.25) is 4.68 Å². The maximum Gasteiger partial charge on any atom is 0.0738 e. The molecule has 0 saturated heterocycles. The van der Waals surface area contributed by atoms with Crippen molar-refractivity contribution in [1.29, 1.82) is 0 Å². The fourth-order valence-corrected chi connectivity index (χ4v) is 3.36. The van der Waals surface area contributed by atoms with E-state index in [1.807, 2.05) is 0 Å². The van der Waals surface area contributed by atoms with Crippen LogP contribution in [0.4, 0.5) is 0 Å². The predicted molar refractivity (Wildman–Crippen MR) is 71.0 cm³/mol. The summed E-state index contributed by atoms with van der Waals surface area (Å²) in [5.74, 6) is 0.736. The van der Waals surface area contributed by atoms with Gasteiger partial charge in [0.1, 0.15) is 0 Å². The fraction of sp³-hybridized carbons (Fsp3) is 0.750. The Balaban J connectivity index is 2.14. The van der Waals surface area contributed by atoms with Crippen LogP contribution in [-0.2, 0) is 13.0 Å². The summed E-state index contributed by atoms with van der Waals surface area (Å²) in [6, 6.07) is 0. The van der Waals surface area contributed by atoms with Gasteiger partial charge in [0.2, 0.25) is 0 Å². The van der Waals surface area contributed by atoms with E-state index in [-0.39, 0.29) is 0 Å². The molecule has 1 aromatic rings. The third-order valence-electron chi connectivity index (χ3n) is 3.41. The van der Waals surface area contributed by atoms with Gasteiger partial charge in [-0.05, 0) is 61.4 Å². The van der Waals surface area contributed by atoms with Gasteiger partial charge < -0.3 is 0 Å². The minimum Gasteiger partial charge on any atom is -0.268 e. The first-order valence-corrected chi connectivity index (χ1v) is 7.20. The summed E-state index contributed by atoms with van der Waals surface area (Å²) in [4.78, 5) is 0. The lowest BCUT2D eigenvalue weighted by molar-refractivity contribution is 0.506. The van der Waals surface area contributed by atoms with Crippen molar-refractivity contribution in [2.45, 2.75) is 51.5 Å². The molecule has 4 heteroatoms. The molecule has 1 saturated carbocycles. The molecule has 2 unspecified atom stereocenters. The number of halogens is 2. The van der Waals surface area contributed by atoms with E-state index in [1.54, 1.807) is 0 Å². The molecule has 1 fully saturated rings. The number of alkyl halides is 1. The van der Waals surface area contributed by atoms with Crippen LogP contribution in [0.1, 0.15) is 37.6 Å². The van der Waals surface area contributed by atoms with E-state index in [2.05, 4.69) is 39.6 Å². The van der Waals surface area contributed by atoms with Crippen LogP contribution in [-0.4, -0.2) is 15.2 Å². The monoisotopic (exact) mass is 304 g/mol. The number of hydrogen-bond donors (Lipinski definition) is 0. The van der Waals surface area contributed by atoms with Crippen molar-refractivity contribution >= 4 is 27.5 Å². The lowest BCUT2D eigenvalue weighted by Crippen LogP contribution is -2.08. The normalized spacial score (nSPS) is 25.2. The lowest BCUT2D eigenvalue weighted by Gasteiger charge is -2.11. The van der Waals surface area contributed by atoms with Gasteiger partial charge >= 0.3 is 0 Å². The first-order chi connectivity index (χ1) is 7.61. The third-order valence-corrected chi connectivity index (χ3v) is 4.84. The fourth-order valence-electron chi connectivity index (χ4n) is 2.54. The highest BCUT2D eigenvalue weighted by atomic mass is 79.9. The zero-order valence-corrected chi connectivity index (χ0v) is 12.2. The van der Waals surface area contributed by atoms with Crippen molar-refractivity contribution < 1.29 is 0 Å². The van der Waals surface area contributed by atoms with Gasteiger partial charge in [-0.2, -0.15) is 5.10 Å². The summed E-state index contributed by atoms with van der Waals surface area (Å²) in [5.41, 5.74) is 2.44. The maximum absolute atomic E-state index is 6.16. The molecular weight excluding hydrogens is 288 g/mol. The second-order valence-electron chi connectivity index (χ2n) is 4.64. The molecule has 2 atom stereocenters. The average molecular weight is 306 g/mol. The molecule has 16 heavy (non-hydrogen) atoms. The first kappa shape index (κ1) is 12.4. The first-order valence-electron chi connectivity index (χ1n) is 5.97. The van der Waals surface area contributed by atoms with E-state index in [4.69, 9.17) is 11.6 Å². The standard InChI is InChI=1S/C12H18BrClN2/c1-3-16-11(12(13)8(2)15-16)7-9-4-5-10(14)6-9/h9-10H,3-7H2,1-2H3. The summed E-state index contributed by atoms with van der Waals surface area (Å²) in [6.07, 6.45) is 4.69. The molecule has 1 aliphatic rings. The highest BCUT2D eigenvalue weighted by Gasteiger charge is 2.25. The molecular formula is C12H18BrClN2. The zero-order chi connectivity index (χ0) is 11.7.